The fourth-order valence-corrected chi connectivity index (χ4v) is 3.41. The summed E-state index contributed by atoms with van der Waals surface area (Å²) in [5, 5.41) is 0.639. The summed E-state index contributed by atoms with van der Waals surface area (Å²) in [6, 6.07) is 12.7. The molecule has 0 N–H and O–H groups in total. The number of thioether (sulfide) groups is 1. The van der Waals surface area contributed by atoms with Crippen LogP contribution in [0.3, 0.4) is 0 Å². The maximum absolute atomic E-state index is 12.4. The third-order valence-electron chi connectivity index (χ3n) is 4.07. The normalized spacial score (nSPS) is 11.9. The van der Waals surface area contributed by atoms with Crippen molar-refractivity contribution in [3.8, 4) is 11.5 Å². The van der Waals surface area contributed by atoms with Gasteiger partial charge >= 0.3 is 5.97 Å². The van der Waals surface area contributed by atoms with Gasteiger partial charge in [0.25, 0.3) is 5.91 Å². The molecule has 1 heterocycles. The summed E-state index contributed by atoms with van der Waals surface area (Å²) in [7, 11) is 0. The maximum Gasteiger partial charge on any atom is 0.316 e. The molecule has 3 rings (SSSR count). The Bertz CT molecular complexity index is 843. The zero-order valence-electron chi connectivity index (χ0n) is 15.4. The van der Waals surface area contributed by atoms with E-state index in [9.17, 15) is 9.59 Å². The lowest BCUT2D eigenvalue weighted by Gasteiger charge is -2.21. The molecule has 2 aromatic carbocycles. The van der Waals surface area contributed by atoms with Crippen LogP contribution in [0.15, 0.2) is 47.4 Å². The Hall–Kier alpha value is -2.38. The van der Waals surface area contributed by atoms with Crippen molar-refractivity contribution < 1.29 is 23.8 Å². The monoisotopic (exact) mass is 421 g/mol. The highest BCUT2D eigenvalue weighted by Gasteiger charge is 2.18. The number of carbonyl (C=O) groups excluding carboxylic acids is 2. The summed E-state index contributed by atoms with van der Waals surface area (Å²) >= 11 is 7.16. The molecular weight excluding hydrogens is 402 g/mol. The number of benzene rings is 2. The van der Waals surface area contributed by atoms with Crippen LogP contribution < -0.4 is 9.47 Å². The number of hydrogen-bond acceptors (Lipinski definition) is 6. The molecule has 0 aliphatic carbocycles. The summed E-state index contributed by atoms with van der Waals surface area (Å²) in [6.45, 7) is 2.72. The maximum atomic E-state index is 12.4. The van der Waals surface area contributed by atoms with Crippen LogP contribution in [0.25, 0.3) is 0 Å². The molecule has 2 aromatic rings. The van der Waals surface area contributed by atoms with Crippen LogP contribution in [0.4, 0.5) is 0 Å². The second kappa shape index (κ2) is 9.71. The molecule has 6 nitrogen and oxygen atoms in total. The lowest BCUT2D eigenvalue weighted by molar-refractivity contribution is -0.150. The Morgan fingerprint density at radius 2 is 1.89 bits per heavy atom. The van der Waals surface area contributed by atoms with Gasteiger partial charge in [-0.25, -0.2) is 0 Å². The predicted octanol–water partition coefficient (Wildman–Crippen LogP) is 3.75. The van der Waals surface area contributed by atoms with E-state index in [4.69, 9.17) is 25.8 Å². The molecule has 148 valence electrons. The second-order valence-corrected chi connectivity index (χ2v) is 7.48. The number of fused-ring (bicyclic) bond motifs is 1. The Morgan fingerprint density at radius 3 is 2.64 bits per heavy atom. The molecule has 0 saturated heterocycles. The highest BCUT2D eigenvalue weighted by atomic mass is 35.5. The van der Waals surface area contributed by atoms with Crippen molar-refractivity contribution in [2.75, 3.05) is 25.7 Å². The highest BCUT2D eigenvalue weighted by molar-refractivity contribution is 8.00. The molecule has 8 heteroatoms. The molecule has 1 aliphatic rings. The van der Waals surface area contributed by atoms with Gasteiger partial charge in [0.05, 0.1) is 5.75 Å². The zero-order chi connectivity index (χ0) is 19.9. The van der Waals surface area contributed by atoms with Crippen molar-refractivity contribution >= 4 is 35.2 Å². The van der Waals surface area contributed by atoms with Gasteiger partial charge in [-0.3, -0.25) is 9.59 Å². The first-order chi connectivity index (χ1) is 13.5. The van der Waals surface area contributed by atoms with Crippen molar-refractivity contribution in [2.45, 2.75) is 18.4 Å². The zero-order valence-corrected chi connectivity index (χ0v) is 16.9. The van der Waals surface area contributed by atoms with Gasteiger partial charge < -0.3 is 19.1 Å². The molecule has 0 bridgehead atoms. The van der Waals surface area contributed by atoms with Gasteiger partial charge in [-0.1, -0.05) is 17.7 Å². The quantitative estimate of drug-likeness (QED) is 0.477. The molecule has 0 saturated carbocycles. The van der Waals surface area contributed by atoms with Crippen LogP contribution >= 0.6 is 23.4 Å². The van der Waals surface area contributed by atoms with Crippen molar-refractivity contribution in [1.29, 1.82) is 0 Å². The average molecular weight is 422 g/mol. The van der Waals surface area contributed by atoms with E-state index < -0.39 is 5.97 Å². The summed E-state index contributed by atoms with van der Waals surface area (Å²) in [5.41, 5.74) is 0.920. The van der Waals surface area contributed by atoms with Crippen LogP contribution in [0.2, 0.25) is 5.02 Å². The number of esters is 1. The van der Waals surface area contributed by atoms with Crippen molar-refractivity contribution in [2.24, 2.45) is 0 Å². The van der Waals surface area contributed by atoms with E-state index in [2.05, 4.69) is 0 Å². The fourth-order valence-electron chi connectivity index (χ4n) is 2.58. The first kappa shape index (κ1) is 20.4. The minimum absolute atomic E-state index is 0.128. The predicted molar refractivity (Wildman–Crippen MR) is 107 cm³/mol. The van der Waals surface area contributed by atoms with Gasteiger partial charge in [-0.2, -0.15) is 0 Å². The van der Waals surface area contributed by atoms with Gasteiger partial charge in [0, 0.05) is 23.0 Å². The van der Waals surface area contributed by atoms with Crippen LogP contribution in [0.5, 0.6) is 11.5 Å². The van der Waals surface area contributed by atoms with Gasteiger partial charge in [0.2, 0.25) is 6.79 Å². The number of likely N-dealkylation sites (N-methyl/N-ethyl adjacent to an activating group) is 1. The summed E-state index contributed by atoms with van der Waals surface area (Å²) in [6.07, 6.45) is 0. The molecule has 1 aliphatic heterocycles. The third kappa shape index (κ3) is 5.56. The fraction of sp³-hybridized carbons (Fsp3) is 0.300. The first-order valence-electron chi connectivity index (χ1n) is 8.75. The van der Waals surface area contributed by atoms with Crippen molar-refractivity contribution in [3.05, 3.63) is 53.1 Å². The molecule has 0 aromatic heterocycles. The van der Waals surface area contributed by atoms with E-state index in [-0.39, 0.29) is 25.1 Å². The van der Waals surface area contributed by atoms with Gasteiger partial charge in [0.1, 0.15) is 0 Å². The lowest BCUT2D eigenvalue weighted by Crippen LogP contribution is -2.34. The standard InChI is InChI=1S/C20H20ClNO5S/c1-2-22(10-14-3-8-17-18(9-14)27-13-26-17)19(23)11-25-20(24)12-28-16-6-4-15(21)5-7-16/h3-9H,2,10-13H2,1H3. The summed E-state index contributed by atoms with van der Waals surface area (Å²) in [5.74, 6) is 0.817. The van der Waals surface area contributed by atoms with E-state index in [1.165, 1.54) is 11.8 Å². The van der Waals surface area contributed by atoms with E-state index in [0.717, 1.165) is 10.5 Å². The van der Waals surface area contributed by atoms with Crippen molar-refractivity contribution in [3.63, 3.8) is 0 Å². The van der Waals surface area contributed by atoms with Crippen LogP contribution in [-0.2, 0) is 20.9 Å². The lowest BCUT2D eigenvalue weighted by atomic mass is 10.2. The summed E-state index contributed by atoms with van der Waals surface area (Å²) in [4.78, 5) is 26.8. The molecule has 28 heavy (non-hydrogen) atoms. The van der Waals surface area contributed by atoms with Gasteiger partial charge in [0.15, 0.2) is 18.1 Å². The number of halogens is 1. The average Bonchev–Trinajstić information content (AvgIpc) is 3.17. The van der Waals surface area contributed by atoms with Gasteiger partial charge in [-0.15, -0.1) is 11.8 Å². The Labute approximate surface area is 172 Å². The third-order valence-corrected chi connectivity index (χ3v) is 5.31. The van der Waals surface area contributed by atoms with Crippen LogP contribution in [0.1, 0.15) is 12.5 Å². The van der Waals surface area contributed by atoms with E-state index in [1.807, 2.05) is 37.3 Å². The van der Waals surface area contributed by atoms with Gasteiger partial charge in [-0.05, 0) is 48.9 Å². The number of hydrogen-bond donors (Lipinski definition) is 0. The molecular formula is C20H20ClNO5S. The molecule has 0 radical (unpaired) electrons. The molecule has 1 amide bonds. The molecule has 0 fully saturated rings. The smallest absolute Gasteiger partial charge is 0.316 e. The van der Waals surface area contributed by atoms with Crippen molar-refractivity contribution in [1.82, 2.24) is 4.90 Å². The minimum atomic E-state index is -0.438. The number of amides is 1. The Balaban J connectivity index is 1.45. The van der Waals surface area contributed by atoms with E-state index in [0.29, 0.717) is 29.6 Å². The molecule has 0 unspecified atom stereocenters. The van der Waals surface area contributed by atoms with Crippen LogP contribution in [-0.4, -0.2) is 42.5 Å². The van der Waals surface area contributed by atoms with E-state index >= 15 is 0 Å². The van der Waals surface area contributed by atoms with E-state index in [1.54, 1.807) is 17.0 Å². The SMILES string of the molecule is CCN(Cc1ccc2c(c1)OCO2)C(=O)COC(=O)CSc1ccc(Cl)cc1. The molecule has 0 spiro atoms. The highest BCUT2D eigenvalue weighted by Crippen LogP contribution is 2.32. The number of rotatable bonds is 8. The first-order valence-corrected chi connectivity index (χ1v) is 10.1. The topological polar surface area (TPSA) is 65.1 Å². The summed E-state index contributed by atoms with van der Waals surface area (Å²) < 4.78 is 15.8. The minimum Gasteiger partial charge on any atom is -0.455 e. The largest absolute Gasteiger partial charge is 0.455 e. The number of carbonyl (C=O) groups is 2. The Morgan fingerprint density at radius 1 is 1.14 bits per heavy atom. The number of nitrogens with zero attached hydrogens (tertiary/aromatic N) is 1. The van der Waals surface area contributed by atoms with Crippen LogP contribution in [0, 0.1) is 0 Å². The second-order valence-electron chi connectivity index (χ2n) is 6.00. The molecule has 0 atom stereocenters. The Kier molecular flexibility index (Phi) is 7.06. The number of ether oxygens (including phenoxy) is 3.